The quantitative estimate of drug-likeness (QED) is 0.254. The van der Waals surface area contributed by atoms with Crippen molar-refractivity contribution in [3.8, 4) is 0 Å². The van der Waals surface area contributed by atoms with Gasteiger partial charge in [-0.2, -0.15) is 0 Å². The first kappa shape index (κ1) is 24.8. The lowest BCUT2D eigenvalue weighted by atomic mass is 10.2. The normalized spacial score (nSPS) is 14.3. The van der Waals surface area contributed by atoms with Gasteiger partial charge in [-0.3, -0.25) is 4.79 Å². The number of nitrogens with one attached hydrogen (secondary N) is 1. The standard InChI is InChI=1S/C19H25F2N7O2.HI/c1-3-22-19(23-11-15-12-28(25-24-15)13-18(29)30-2)27-8-6-26(7-9-27)17-10-14(20)4-5-16(17)21;/h4-5,10,12H,3,6-9,11,13H2,1-2H3,(H,22,23);1H. The van der Waals surface area contributed by atoms with Crippen LogP contribution in [0.2, 0.25) is 0 Å². The zero-order chi connectivity index (χ0) is 21.5. The van der Waals surface area contributed by atoms with E-state index in [2.05, 4.69) is 30.3 Å². The molecule has 1 aromatic heterocycles. The summed E-state index contributed by atoms with van der Waals surface area (Å²) in [5.41, 5.74) is 0.897. The molecular weight excluding hydrogens is 523 g/mol. The molecule has 2 heterocycles. The molecule has 1 fully saturated rings. The molecule has 1 saturated heterocycles. The Hall–Kier alpha value is -2.51. The van der Waals surface area contributed by atoms with Gasteiger partial charge in [0.2, 0.25) is 0 Å². The molecule has 1 aliphatic heterocycles. The molecule has 0 saturated carbocycles. The van der Waals surface area contributed by atoms with Gasteiger partial charge in [0.25, 0.3) is 0 Å². The number of piperazine rings is 1. The van der Waals surface area contributed by atoms with Gasteiger partial charge in [0.15, 0.2) is 5.96 Å². The van der Waals surface area contributed by atoms with Gasteiger partial charge in [-0.15, -0.1) is 29.1 Å². The van der Waals surface area contributed by atoms with Gasteiger partial charge in [0.1, 0.15) is 23.9 Å². The van der Waals surface area contributed by atoms with Gasteiger partial charge < -0.3 is 19.9 Å². The van der Waals surface area contributed by atoms with E-state index in [1.165, 1.54) is 17.9 Å². The molecule has 9 nitrogen and oxygen atoms in total. The Labute approximate surface area is 196 Å². The third-order valence-corrected chi connectivity index (χ3v) is 4.66. The van der Waals surface area contributed by atoms with Gasteiger partial charge in [-0.1, -0.05) is 5.21 Å². The van der Waals surface area contributed by atoms with Crippen LogP contribution in [-0.2, 0) is 22.6 Å². The number of carbonyl (C=O) groups is 1. The van der Waals surface area contributed by atoms with Crippen molar-refractivity contribution < 1.29 is 18.3 Å². The van der Waals surface area contributed by atoms with Crippen LogP contribution in [0, 0.1) is 11.6 Å². The number of hydrogen-bond donors (Lipinski definition) is 1. The fraction of sp³-hybridized carbons (Fsp3) is 0.474. The summed E-state index contributed by atoms with van der Waals surface area (Å²) in [6, 6.07) is 3.49. The molecule has 1 aliphatic rings. The largest absolute Gasteiger partial charge is 0.468 e. The number of guanidine groups is 1. The summed E-state index contributed by atoms with van der Waals surface area (Å²) in [6.07, 6.45) is 1.65. The van der Waals surface area contributed by atoms with E-state index >= 15 is 0 Å². The highest BCUT2D eigenvalue weighted by Gasteiger charge is 2.22. The number of hydrogen-bond acceptors (Lipinski definition) is 6. The van der Waals surface area contributed by atoms with Crippen LogP contribution in [0.25, 0.3) is 0 Å². The van der Waals surface area contributed by atoms with E-state index < -0.39 is 17.6 Å². The van der Waals surface area contributed by atoms with Gasteiger partial charge in [0, 0.05) is 38.8 Å². The van der Waals surface area contributed by atoms with Crippen molar-refractivity contribution in [2.45, 2.75) is 20.0 Å². The molecule has 1 N–H and O–H groups in total. The first-order chi connectivity index (χ1) is 14.5. The van der Waals surface area contributed by atoms with Crippen LogP contribution in [0.1, 0.15) is 12.6 Å². The van der Waals surface area contributed by atoms with Crippen LogP contribution in [0.4, 0.5) is 14.5 Å². The fourth-order valence-electron chi connectivity index (χ4n) is 3.15. The van der Waals surface area contributed by atoms with Crippen molar-refractivity contribution in [1.82, 2.24) is 25.2 Å². The Kier molecular flexibility index (Phi) is 9.40. The molecule has 170 valence electrons. The predicted octanol–water partition coefficient (Wildman–Crippen LogP) is 1.63. The number of esters is 1. The first-order valence-corrected chi connectivity index (χ1v) is 9.69. The number of anilines is 1. The Morgan fingerprint density at radius 2 is 2.00 bits per heavy atom. The van der Waals surface area contributed by atoms with E-state index in [4.69, 9.17) is 0 Å². The zero-order valence-corrected chi connectivity index (χ0v) is 19.8. The second kappa shape index (κ2) is 11.8. The SMILES string of the molecule is CCNC(=NCc1cn(CC(=O)OC)nn1)N1CCN(c2cc(F)ccc2F)CC1.I. The van der Waals surface area contributed by atoms with Gasteiger partial charge in [-0.25, -0.2) is 18.5 Å². The maximum atomic E-state index is 14.0. The van der Waals surface area contributed by atoms with Crippen molar-refractivity contribution in [2.75, 3.05) is 44.7 Å². The Balaban J connectivity index is 0.00000341. The first-order valence-electron chi connectivity index (χ1n) is 9.69. The van der Waals surface area contributed by atoms with Crippen LogP contribution in [0.15, 0.2) is 29.4 Å². The number of rotatable bonds is 6. The highest BCUT2D eigenvalue weighted by atomic mass is 127. The molecule has 0 spiro atoms. The number of ether oxygens (including phenoxy) is 1. The summed E-state index contributed by atoms with van der Waals surface area (Å²) < 4.78 is 33.5. The Morgan fingerprint density at radius 1 is 1.26 bits per heavy atom. The second-order valence-corrected chi connectivity index (χ2v) is 6.72. The molecule has 3 rings (SSSR count). The molecule has 31 heavy (non-hydrogen) atoms. The van der Waals surface area contributed by atoms with Crippen molar-refractivity contribution in [3.05, 3.63) is 41.7 Å². The third-order valence-electron chi connectivity index (χ3n) is 4.66. The van der Waals surface area contributed by atoms with Crippen LogP contribution in [0.3, 0.4) is 0 Å². The minimum atomic E-state index is -0.455. The Morgan fingerprint density at radius 3 is 2.68 bits per heavy atom. The summed E-state index contributed by atoms with van der Waals surface area (Å²) in [6.45, 7) is 5.25. The number of halogens is 3. The lowest BCUT2D eigenvalue weighted by molar-refractivity contribution is -0.141. The molecule has 1 aromatic carbocycles. The topological polar surface area (TPSA) is 87.9 Å². The predicted molar refractivity (Wildman–Crippen MR) is 122 cm³/mol. The van der Waals surface area contributed by atoms with Crippen LogP contribution in [0.5, 0.6) is 0 Å². The summed E-state index contributed by atoms with van der Waals surface area (Å²) in [5, 5.41) is 11.1. The molecule has 2 aromatic rings. The third kappa shape index (κ3) is 6.74. The minimum absolute atomic E-state index is 0. The molecular formula is C19H26F2IN7O2. The summed E-state index contributed by atoms with van der Waals surface area (Å²) >= 11 is 0. The van der Waals surface area contributed by atoms with E-state index in [-0.39, 0.29) is 36.2 Å². The van der Waals surface area contributed by atoms with Crippen molar-refractivity contribution >= 4 is 41.6 Å². The van der Waals surface area contributed by atoms with E-state index in [9.17, 15) is 13.6 Å². The second-order valence-electron chi connectivity index (χ2n) is 6.72. The molecule has 0 unspecified atom stereocenters. The highest BCUT2D eigenvalue weighted by Crippen LogP contribution is 2.22. The molecule has 0 atom stereocenters. The molecule has 0 aliphatic carbocycles. The lowest BCUT2D eigenvalue weighted by Gasteiger charge is -2.37. The van der Waals surface area contributed by atoms with E-state index in [0.717, 1.165) is 12.1 Å². The van der Waals surface area contributed by atoms with Crippen LogP contribution >= 0.6 is 24.0 Å². The number of methoxy groups -OCH3 is 1. The van der Waals surface area contributed by atoms with E-state index in [0.29, 0.717) is 50.9 Å². The van der Waals surface area contributed by atoms with E-state index in [1.807, 2.05) is 11.8 Å². The van der Waals surface area contributed by atoms with Crippen LogP contribution < -0.4 is 10.2 Å². The average Bonchev–Trinajstić information content (AvgIpc) is 3.20. The number of nitrogens with zero attached hydrogens (tertiary/aromatic N) is 6. The molecule has 0 bridgehead atoms. The minimum Gasteiger partial charge on any atom is -0.468 e. The van der Waals surface area contributed by atoms with Gasteiger partial charge in [-0.05, 0) is 19.1 Å². The maximum absolute atomic E-state index is 14.0. The number of aliphatic imine (C=N–C) groups is 1. The summed E-state index contributed by atoms with van der Waals surface area (Å²) in [7, 11) is 1.32. The fourth-order valence-corrected chi connectivity index (χ4v) is 3.15. The Bertz CT molecular complexity index is 901. The number of carbonyl (C=O) groups excluding carboxylic acids is 1. The smallest absolute Gasteiger partial charge is 0.327 e. The number of benzene rings is 1. The summed E-state index contributed by atoms with van der Waals surface area (Å²) in [4.78, 5) is 19.8. The van der Waals surface area contributed by atoms with Gasteiger partial charge in [0.05, 0.1) is 25.5 Å². The van der Waals surface area contributed by atoms with Gasteiger partial charge >= 0.3 is 5.97 Å². The maximum Gasteiger partial charge on any atom is 0.327 e. The lowest BCUT2D eigenvalue weighted by Crippen LogP contribution is -2.52. The summed E-state index contributed by atoms with van der Waals surface area (Å²) in [5.74, 6) is -0.584. The molecule has 0 amide bonds. The zero-order valence-electron chi connectivity index (χ0n) is 17.4. The molecule has 0 radical (unpaired) electrons. The van der Waals surface area contributed by atoms with Crippen LogP contribution in [-0.4, -0.2) is 71.7 Å². The van der Waals surface area contributed by atoms with Crippen molar-refractivity contribution in [3.63, 3.8) is 0 Å². The van der Waals surface area contributed by atoms with E-state index in [1.54, 1.807) is 6.20 Å². The van der Waals surface area contributed by atoms with Crippen molar-refractivity contribution in [2.24, 2.45) is 4.99 Å². The van der Waals surface area contributed by atoms with Crippen molar-refractivity contribution in [1.29, 1.82) is 0 Å². The average molecular weight is 549 g/mol. The monoisotopic (exact) mass is 549 g/mol. The highest BCUT2D eigenvalue weighted by molar-refractivity contribution is 14.0. The number of aromatic nitrogens is 3. The molecule has 12 heteroatoms.